The molecule has 0 saturated carbocycles. The molecule has 0 N–H and O–H groups in total. The minimum absolute atomic E-state index is 0.192. The van der Waals surface area contributed by atoms with Crippen LogP contribution >= 0.6 is 0 Å². The fourth-order valence-corrected chi connectivity index (χ4v) is 1.41. The first-order valence-corrected chi connectivity index (χ1v) is 3.97. The maximum Gasteiger partial charge on any atom is 0.309 e. The van der Waals surface area contributed by atoms with Crippen LogP contribution < -0.4 is 0 Å². The molecule has 0 heterocycles. The van der Waals surface area contributed by atoms with Crippen molar-refractivity contribution in [3.63, 3.8) is 0 Å². The summed E-state index contributed by atoms with van der Waals surface area (Å²) >= 11 is 0. The molecule has 0 radical (unpaired) electrons. The molecule has 0 amide bonds. The lowest BCUT2D eigenvalue weighted by Gasteiger charge is -2.21. The number of aldehydes is 1. The van der Waals surface area contributed by atoms with Crippen molar-refractivity contribution in [2.45, 2.75) is 12.8 Å². The molecule has 0 fully saturated rings. The van der Waals surface area contributed by atoms with Crippen LogP contribution in [-0.4, -0.2) is 19.4 Å². The zero-order valence-electron chi connectivity index (χ0n) is 7.03. The monoisotopic (exact) mass is 168 g/mol. The summed E-state index contributed by atoms with van der Waals surface area (Å²) in [5.74, 6) is -0.739. The van der Waals surface area contributed by atoms with E-state index in [2.05, 4.69) is 4.74 Å². The van der Waals surface area contributed by atoms with Crippen LogP contribution in [0, 0.1) is 11.8 Å². The maximum absolute atomic E-state index is 11.1. The quantitative estimate of drug-likeness (QED) is 0.350. The average Bonchev–Trinajstić information content (AvgIpc) is 2.16. The lowest BCUT2D eigenvalue weighted by molar-refractivity contribution is -0.148. The number of hydrogen-bond donors (Lipinski definition) is 0. The van der Waals surface area contributed by atoms with Crippen molar-refractivity contribution >= 4 is 12.3 Å². The molecular weight excluding hydrogens is 156 g/mol. The third-order valence-corrected chi connectivity index (χ3v) is 2.16. The van der Waals surface area contributed by atoms with Crippen molar-refractivity contribution in [1.82, 2.24) is 0 Å². The highest BCUT2D eigenvalue weighted by molar-refractivity contribution is 5.77. The van der Waals surface area contributed by atoms with Crippen LogP contribution in [0.2, 0.25) is 0 Å². The van der Waals surface area contributed by atoms with Gasteiger partial charge in [-0.15, -0.1) is 0 Å². The van der Waals surface area contributed by atoms with Crippen molar-refractivity contribution in [1.29, 1.82) is 0 Å². The summed E-state index contributed by atoms with van der Waals surface area (Å²) in [4.78, 5) is 21.7. The Bertz CT molecular complexity index is 208. The van der Waals surface area contributed by atoms with Crippen LogP contribution in [0.3, 0.4) is 0 Å². The molecule has 1 rings (SSSR count). The van der Waals surface area contributed by atoms with Gasteiger partial charge in [-0.2, -0.15) is 0 Å². The normalized spacial score (nSPS) is 28.1. The molecule has 1 aliphatic rings. The van der Waals surface area contributed by atoms with Gasteiger partial charge in [-0.25, -0.2) is 0 Å². The number of allylic oxidation sites excluding steroid dienone is 2. The summed E-state index contributed by atoms with van der Waals surface area (Å²) in [6, 6.07) is 0. The molecule has 0 saturated heterocycles. The lowest BCUT2D eigenvalue weighted by atomic mass is 9.84. The van der Waals surface area contributed by atoms with Crippen LogP contribution in [-0.2, 0) is 14.3 Å². The number of carbonyl (C=O) groups is 2. The van der Waals surface area contributed by atoms with E-state index in [1.54, 1.807) is 0 Å². The Morgan fingerprint density at radius 3 is 2.75 bits per heavy atom. The zero-order valence-corrected chi connectivity index (χ0v) is 7.03. The number of methoxy groups -OCH3 is 1. The summed E-state index contributed by atoms with van der Waals surface area (Å²) in [6.45, 7) is 0. The Morgan fingerprint density at radius 2 is 2.17 bits per heavy atom. The van der Waals surface area contributed by atoms with E-state index in [0.29, 0.717) is 12.8 Å². The predicted molar refractivity (Wildman–Crippen MR) is 43.4 cm³/mol. The van der Waals surface area contributed by atoms with Gasteiger partial charge in [-0.05, 0) is 12.8 Å². The summed E-state index contributed by atoms with van der Waals surface area (Å²) in [6.07, 6.45) is 5.96. The second kappa shape index (κ2) is 4.04. The first-order chi connectivity index (χ1) is 5.79. The second-order valence-electron chi connectivity index (χ2n) is 2.87. The third-order valence-electron chi connectivity index (χ3n) is 2.16. The average molecular weight is 168 g/mol. The van der Waals surface area contributed by atoms with Gasteiger partial charge in [0.05, 0.1) is 13.0 Å². The third kappa shape index (κ3) is 1.72. The van der Waals surface area contributed by atoms with E-state index in [-0.39, 0.29) is 17.8 Å². The zero-order chi connectivity index (χ0) is 8.97. The molecular formula is C9H12O3. The molecule has 3 heteroatoms. The fraction of sp³-hybridized carbons (Fsp3) is 0.556. The van der Waals surface area contributed by atoms with Gasteiger partial charge < -0.3 is 9.53 Å². The van der Waals surface area contributed by atoms with Gasteiger partial charge in [-0.1, -0.05) is 12.2 Å². The van der Waals surface area contributed by atoms with Gasteiger partial charge >= 0.3 is 5.97 Å². The maximum atomic E-state index is 11.1. The Morgan fingerprint density at radius 1 is 1.50 bits per heavy atom. The number of hydrogen-bond acceptors (Lipinski definition) is 3. The number of ether oxygens (including phenoxy) is 1. The molecule has 0 aliphatic heterocycles. The Balaban J connectivity index is 2.66. The van der Waals surface area contributed by atoms with Crippen LogP contribution in [0.4, 0.5) is 0 Å². The number of carbonyl (C=O) groups excluding carboxylic acids is 2. The minimum Gasteiger partial charge on any atom is -0.469 e. The van der Waals surface area contributed by atoms with Gasteiger partial charge in [0.1, 0.15) is 6.29 Å². The van der Waals surface area contributed by atoms with Crippen molar-refractivity contribution in [3.05, 3.63) is 12.2 Å². The highest BCUT2D eigenvalue weighted by Crippen LogP contribution is 2.24. The van der Waals surface area contributed by atoms with E-state index in [1.807, 2.05) is 12.2 Å². The van der Waals surface area contributed by atoms with Gasteiger partial charge in [-0.3, -0.25) is 4.79 Å². The first kappa shape index (κ1) is 8.97. The number of esters is 1. The summed E-state index contributed by atoms with van der Waals surface area (Å²) in [7, 11) is 1.35. The van der Waals surface area contributed by atoms with Gasteiger partial charge in [0, 0.05) is 5.92 Å². The Hall–Kier alpha value is -1.12. The van der Waals surface area contributed by atoms with Crippen LogP contribution in [0.25, 0.3) is 0 Å². The van der Waals surface area contributed by atoms with E-state index in [4.69, 9.17) is 0 Å². The van der Waals surface area contributed by atoms with E-state index in [1.165, 1.54) is 7.11 Å². The Labute approximate surface area is 71.4 Å². The highest BCUT2D eigenvalue weighted by Gasteiger charge is 2.28. The molecule has 0 aromatic rings. The van der Waals surface area contributed by atoms with Crippen molar-refractivity contribution in [3.8, 4) is 0 Å². The standard InChI is InChI=1S/C9H12O3/c1-12-9(11)8-5-3-2-4-7(8)6-10/h2-3,6-8H,4-5H2,1H3/t7-,8+/m0/s1. The van der Waals surface area contributed by atoms with Crippen LogP contribution in [0.1, 0.15) is 12.8 Å². The minimum atomic E-state index is -0.281. The molecule has 0 spiro atoms. The first-order valence-electron chi connectivity index (χ1n) is 3.97. The van der Waals surface area contributed by atoms with E-state index >= 15 is 0 Å². The fourth-order valence-electron chi connectivity index (χ4n) is 1.41. The van der Waals surface area contributed by atoms with Crippen molar-refractivity contribution < 1.29 is 14.3 Å². The molecule has 0 bridgehead atoms. The van der Waals surface area contributed by atoms with Gasteiger partial charge in [0.2, 0.25) is 0 Å². The molecule has 0 aromatic heterocycles. The smallest absolute Gasteiger partial charge is 0.309 e. The number of rotatable bonds is 2. The van der Waals surface area contributed by atoms with E-state index < -0.39 is 0 Å². The predicted octanol–water partition coefficient (Wildman–Crippen LogP) is 0.941. The largest absolute Gasteiger partial charge is 0.469 e. The van der Waals surface area contributed by atoms with Crippen molar-refractivity contribution in [2.24, 2.45) is 11.8 Å². The van der Waals surface area contributed by atoms with E-state index in [9.17, 15) is 9.59 Å². The lowest BCUT2D eigenvalue weighted by Crippen LogP contribution is -2.27. The molecule has 3 nitrogen and oxygen atoms in total. The second-order valence-corrected chi connectivity index (χ2v) is 2.87. The van der Waals surface area contributed by atoms with Gasteiger partial charge in [0.15, 0.2) is 0 Å². The van der Waals surface area contributed by atoms with Crippen LogP contribution in [0.5, 0.6) is 0 Å². The molecule has 0 aromatic carbocycles. The SMILES string of the molecule is COC(=O)[C@@H]1CC=CC[C@H]1C=O. The summed E-state index contributed by atoms with van der Waals surface area (Å²) in [5.41, 5.74) is 0. The topological polar surface area (TPSA) is 43.4 Å². The molecule has 66 valence electrons. The molecule has 0 unspecified atom stereocenters. The molecule has 1 aliphatic carbocycles. The molecule has 2 atom stereocenters. The van der Waals surface area contributed by atoms with Crippen LogP contribution in [0.15, 0.2) is 12.2 Å². The highest BCUT2D eigenvalue weighted by atomic mass is 16.5. The Kier molecular flexibility index (Phi) is 3.02. The summed E-state index contributed by atoms with van der Waals surface area (Å²) in [5, 5.41) is 0. The van der Waals surface area contributed by atoms with Crippen molar-refractivity contribution in [2.75, 3.05) is 7.11 Å². The summed E-state index contributed by atoms with van der Waals surface area (Å²) < 4.78 is 4.59. The van der Waals surface area contributed by atoms with Gasteiger partial charge in [0.25, 0.3) is 0 Å². The molecule has 12 heavy (non-hydrogen) atoms. The van der Waals surface area contributed by atoms with E-state index in [0.717, 1.165) is 6.29 Å².